The van der Waals surface area contributed by atoms with Crippen LogP contribution in [0.3, 0.4) is 0 Å². The van der Waals surface area contributed by atoms with Gasteiger partial charge in [0.25, 0.3) is 0 Å². The molecule has 0 radical (unpaired) electrons. The zero-order chi connectivity index (χ0) is 13.9. The molecule has 0 aliphatic rings. The minimum atomic E-state index is 0.379. The Morgan fingerprint density at radius 3 is 2.95 bits per heavy atom. The molecule has 1 unspecified atom stereocenters. The Hall–Kier alpha value is -2.14. The molecule has 0 aliphatic heterocycles. The Balaban J connectivity index is 1.90. The molecule has 5 heteroatoms. The van der Waals surface area contributed by atoms with Crippen LogP contribution < -0.4 is 5.73 Å². The summed E-state index contributed by atoms with van der Waals surface area (Å²) in [5, 5.41) is 5.03. The van der Waals surface area contributed by atoms with E-state index in [0.29, 0.717) is 24.2 Å². The van der Waals surface area contributed by atoms with Gasteiger partial charge in [0, 0.05) is 11.8 Å². The molecule has 1 atom stereocenters. The quantitative estimate of drug-likeness (QED) is 0.771. The fraction of sp³-hybridized carbons (Fsp3) is 0.333. The van der Waals surface area contributed by atoms with Crippen LogP contribution in [0.5, 0.6) is 0 Å². The van der Waals surface area contributed by atoms with Gasteiger partial charge in [0.15, 0.2) is 0 Å². The summed E-state index contributed by atoms with van der Waals surface area (Å²) in [5.41, 5.74) is 7.38. The lowest BCUT2D eigenvalue weighted by Crippen LogP contribution is -2.15. The van der Waals surface area contributed by atoms with Crippen molar-refractivity contribution in [2.24, 2.45) is 11.7 Å². The highest BCUT2D eigenvalue weighted by atomic mass is 16.5. The van der Waals surface area contributed by atoms with Crippen molar-refractivity contribution in [2.45, 2.75) is 19.8 Å². The Morgan fingerprint density at radius 1 is 1.30 bits per heavy atom. The minimum absolute atomic E-state index is 0.379. The molecule has 0 fully saturated rings. The second-order valence-electron chi connectivity index (χ2n) is 4.87. The average Bonchev–Trinajstić information content (AvgIpc) is 3.11. The molecule has 2 N–H and O–H groups in total. The van der Waals surface area contributed by atoms with Gasteiger partial charge in [-0.05, 0) is 18.5 Å². The molecule has 104 valence electrons. The maximum Gasteiger partial charge on any atom is 0.227 e. The van der Waals surface area contributed by atoms with Crippen LogP contribution in [-0.2, 0) is 6.42 Å². The number of hydrogen-bond acceptors (Lipinski definition) is 5. The van der Waals surface area contributed by atoms with Crippen LogP contribution in [0, 0.1) is 5.92 Å². The monoisotopic (exact) mass is 271 g/mol. The van der Waals surface area contributed by atoms with Gasteiger partial charge in [-0.1, -0.05) is 36.7 Å². The summed E-state index contributed by atoms with van der Waals surface area (Å²) >= 11 is 0. The van der Waals surface area contributed by atoms with E-state index in [4.69, 9.17) is 14.7 Å². The molecule has 2 aromatic heterocycles. The molecule has 0 amide bonds. The lowest BCUT2D eigenvalue weighted by atomic mass is 10.0. The molecule has 20 heavy (non-hydrogen) atoms. The van der Waals surface area contributed by atoms with Crippen LogP contribution in [-0.4, -0.2) is 16.7 Å². The predicted octanol–water partition coefficient (Wildman–Crippen LogP) is 3.01. The van der Waals surface area contributed by atoms with E-state index in [-0.39, 0.29) is 0 Å². The first-order valence-electron chi connectivity index (χ1n) is 6.81. The molecule has 0 bridgehead atoms. The molecule has 0 spiro atoms. The van der Waals surface area contributed by atoms with E-state index in [2.05, 4.69) is 17.1 Å². The van der Waals surface area contributed by atoms with Crippen molar-refractivity contribution in [3.05, 3.63) is 36.4 Å². The van der Waals surface area contributed by atoms with E-state index in [9.17, 15) is 0 Å². The smallest absolute Gasteiger partial charge is 0.227 e. The molecule has 3 rings (SSSR count). The molecule has 3 aromatic rings. The molecule has 5 nitrogen and oxygen atoms in total. The maximum absolute atomic E-state index is 5.70. The van der Waals surface area contributed by atoms with Gasteiger partial charge in [0.2, 0.25) is 11.7 Å². The van der Waals surface area contributed by atoms with Crippen molar-refractivity contribution < 1.29 is 8.94 Å². The highest BCUT2D eigenvalue weighted by molar-refractivity contribution is 5.91. The zero-order valence-electron chi connectivity index (χ0n) is 11.4. The standard InChI is InChI=1S/C15H17N3O2/c1-2-10(8-16)7-14-17-15(18-20-14)12-9-19-13-6-4-3-5-11(12)13/h3-6,9-10H,2,7-8,16H2,1H3. The number of nitrogens with zero attached hydrogens (tertiary/aromatic N) is 2. The van der Waals surface area contributed by atoms with Crippen LogP contribution in [0.25, 0.3) is 22.4 Å². The number of nitrogens with two attached hydrogens (primary N) is 1. The van der Waals surface area contributed by atoms with E-state index >= 15 is 0 Å². The summed E-state index contributed by atoms with van der Waals surface area (Å²) in [6.07, 6.45) is 3.39. The Bertz CT molecular complexity index is 698. The van der Waals surface area contributed by atoms with Crippen LogP contribution in [0.15, 0.2) is 39.5 Å². The number of aromatic nitrogens is 2. The third-order valence-corrected chi connectivity index (χ3v) is 3.56. The van der Waals surface area contributed by atoms with Crippen molar-refractivity contribution in [3.63, 3.8) is 0 Å². The molecule has 0 saturated carbocycles. The third kappa shape index (κ3) is 2.32. The van der Waals surface area contributed by atoms with Gasteiger partial charge in [-0.25, -0.2) is 0 Å². The molecule has 1 aromatic carbocycles. The van der Waals surface area contributed by atoms with E-state index in [1.54, 1.807) is 6.26 Å². The molecular weight excluding hydrogens is 254 g/mol. The number of rotatable bonds is 5. The maximum atomic E-state index is 5.70. The second kappa shape index (κ2) is 5.46. The molecule has 0 saturated heterocycles. The van der Waals surface area contributed by atoms with E-state index in [1.165, 1.54) is 0 Å². The lowest BCUT2D eigenvalue weighted by Gasteiger charge is -2.07. The van der Waals surface area contributed by atoms with Gasteiger partial charge in [-0.2, -0.15) is 4.98 Å². The van der Waals surface area contributed by atoms with Gasteiger partial charge in [0.1, 0.15) is 11.8 Å². The summed E-state index contributed by atoms with van der Waals surface area (Å²) in [5.74, 6) is 1.57. The topological polar surface area (TPSA) is 78.1 Å². The number of hydrogen-bond donors (Lipinski definition) is 1. The second-order valence-corrected chi connectivity index (χ2v) is 4.87. The number of fused-ring (bicyclic) bond motifs is 1. The highest BCUT2D eigenvalue weighted by Gasteiger charge is 2.16. The highest BCUT2D eigenvalue weighted by Crippen LogP contribution is 2.28. The minimum Gasteiger partial charge on any atom is -0.464 e. The summed E-state index contributed by atoms with van der Waals surface area (Å²) < 4.78 is 10.8. The van der Waals surface area contributed by atoms with Crippen molar-refractivity contribution >= 4 is 11.0 Å². The van der Waals surface area contributed by atoms with Crippen LogP contribution in [0.4, 0.5) is 0 Å². The van der Waals surface area contributed by atoms with Gasteiger partial charge >= 0.3 is 0 Å². The Morgan fingerprint density at radius 2 is 2.15 bits per heavy atom. The van der Waals surface area contributed by atoms with Gasteiger partial charge < -0.3 is 14.7 Å². The fourth-order valence-corrected chi connectivity index (χ4v) is 2.24. The van der Waals surface area contributed by atoms with E-state index in [1.807, 2.05) is 24.3 Å². The van der Waals surface area contributed by atoms with Crippen LogP contribution in [0.1, 0.15) is 19.2 Å². The van der Waals surface area contributed by atoms with Crippen molar-refractivity contribution in [2.75, 3.05) is 6.54 Å². The SMILES string of the molecule is CCC(CN)Cc1nc(-c2coc3ccccc23)no1. The van der Waals surface area contributed by atoms with Crippen LogP contribution in [0.2, 0.25) is 0 Å². The first-order chi connectivity index (χ1) is 9.81. The lowest BCUT2D eigenvalue weighted by molar-refractivity contribution is 0.350. The number of para-hydroxylation sites is 1. The fourth-order valence-electron chi connectivity index (χ4n) is 2.24. The summed E-state index contributed by atoms with van der Waals surface area (Å²) in [6.45, 7) is 2.74. The predicted molar refractivity (Wildman–Crippen MR) is 76.0 cm³/mol. The zero-order valence-corrected chi connectivity index (χ0v) is 11.4. The van der Waals surface area contributed by atoms with Gasteiger partial charge in [-0.15, -0.1) is 0 Å². The number of furan rings is 1. The van der Waals surface area contributed by atoms with Crippen LogP contribution >= 0.6 is 0 Å². The number of benzene rings is 1. The largest absolute Gasteiger partial charge is 0.464 e. The Labute approximate surface area is 116 Å². The van der Waals surface area contributed by atoms with Crippen molar-refractivity contribution in [1.82, 2.24) is 10.1 Å². The first kappa shape index (κ1) is 12.9. The average molecular weight is 271 g/mol. The van der Waals surface area contributed by atoms with Gasteiger partial charge in [-0.3, -0.25) is 0 Å². The van der Waals surface area contributed by atoms with Crippen molar-refractivity contribution in [1.29, 1.82) is 0 Å². The summed E-state index contributed by atoms with van der Waals surface area (Å²) in [6, 6.07) is 7.80. The van der Waals surface area contributed by atoms with Crippen molar-refractivity contribution in [3.8, 4) is 11.4 Å². The molecule has 2 heterocycles. The normalized spacial score (nSPS) is 12.9. The molecular formula is C15H17N3O2. The first-order valence-corrected chi connectivity index (χ1v) is 6.81. The summed E-state index contributed by atoms with van der Waals surface area (Å²) in [7, 11) is 0. The molecule has 0 aliphatic carbocycles. The third-order valence-electron chi connectivity index (χ3n) is 3.56. The van der Waals surface area contributed by atoms with Gasteiger partial charge in [0.05, 0.1) is 5.56 Å². The Kier molecular flexibility index (Phi) is 3.52. The van der Waals surface area contributed by atoms with E-state index < -0.39 is 0 Å². The van der Waals surface area contributed by atoms with E-state index in [0.717, 1.165) is 29.4 Å². The summed E-state index contributed by atoms with van der Waals surface area (Å²) in [4.78, 5) is 4.45.